The van der Waals surface area contributed by atoms with Crippen molar-refractivity contribution in [1.82, 2.24) is 5.32 Å². The molecule has 104 valence electrons. The van der Waals surface area contributed by atoms with Crippen LogP contribution < -0.4 is 5.32 Å². The molecule has 4 nitrogen and oxygen atoms in total. The van der Waals surface area contributed by atoms with Crippen LogP contribution in [0, 0.1) is 0 Å². The van der Waals surface area contributed by atoms with Crippen molar-refractivity contribution < 1.29 is 4.39 Å². The van der Waals surface area contributed by atoms with E-state index in [-0.39, 0.29) is 0 Å². The van der Waals surface area contributed by atoms with E-state index in [1.807, 2.05) is 6.92 Å². The lowest BCUT2D eigenvalue weighted by atomic mass is 10.3. The van der Waals surface area contributed by atoms with Gasteiger partial charge in [0.2, 0.25) is 5.97 Å². The zero-order valence-corrected chi connectivity index (χ0v) is 11.9. The summed E-state index contributed by atoms with van der Waals surface area (Å²) >= 11 is 0. The van der Waals surface area contributed by atoms with Crippen molar-refractivity contribution in [1.29, 1.82) is 0 Å². The van der Waals surface area contributed by atoms with Gasteiger partial charge in [-0.2, -0.15) is 4.39 Å². The maximum absolute atomic E-state index is 13.4. The van der Waals surface area contributed by atoms with Crippen LogP contribution in [-0.4, -0.2) is 25.1 Å². The van der Waals surface area contributed by atoms with Crippen molar-refractivity contribution in [3.8, 4) is 0 Å². The molecule has 0 aliphatic carbocycles. The third kappa shape index (κ3) is 7.81. The largest absolute Gasteiger partial charge is 0.345 e. The second kappa shape index (κ2) is 8.97. The summed E-state index contributed by atoms with van der Waals surface area (Å²) in [4.78, 5) is 11.5. The maximum Gasteiger partial charge on any atom is 0.213 e. The molecular weight excluding hydrogens is 243 g/mol. The first-order chi connectivity index (χ1) is 8.90. The van der Waals surface area contributed by atoms with Crippen molar-refractivity contribution in [3.05, 3.63) is 35.8 Å². The van der Waals surface area contributed by atoms with Crippen LogP contribution in [0.3, 0.4) is 0 Å². The molecule has 1 unspecified atom stereocenters. The smallest absolute Gasteiger partial charge is 0.213 e. The Hall–Kier alpha value is -2.04. The molecule has 0 aliphatic rings. The van der Waals surface area contributed by atoms with Crippen LogP contribution in [0.4, 0.5) is 4.39 Å². The molecule has 19 heavy (non-hydrogen) atoms. The Morgan fingerprint density at radius 2 is 2.00 bits per heavy atom. The quantitative estimate of drug-likeness (QED) is 0.704. The normalized spacial score (nSPS) is 15.5. The van der Waals surface area contributed by atoms with Gasteiger partial charge in [-0.15, -0.1) is 0 Å². The van der Waals surface area contributed by atoms with Crippen LogP contribution in [0.1, 0.15) is 27.7 Å². The zero-order chi connectivity index (χ0) is 14.8. The first kappa shape index (κ1) is 17.0. The van der Waals surface area contributed by atoms with E-state index >= 15 is 0 Å². The summed E-state index contributed by atoms with van der Waals surface area (Å²) in [6, 6.07) is 0. The predicted octanol–water partition coefficient (Wildman–Crippen LogP) is 3.40. The van der Waals surface area contributed by atoms with E-state index in [9.17, 15) is 4.39 Å². The Kier molecular flexibility index (Phi) is 8.00. The zero-order valence-electron chi connectivity index (χ0n) is 11.9. The molecule has 0 fully saturated rings. The minimum absolute atomic E-state index is 0.461. The number of aliphatic imine (C=N–C) groups is 3. The third-order valence-corrected chi connectivity index (χ3v) is 2.22. The summed E-state index contributed by atoms with van der Waals surface area (Å²) in [6.07, 6.45) is 4.48. The molecule has 0 aromatic rings. The second-order valence-electron chi connectivity index (χ2n) is 3.90. The Balaban J connectivity index is 4.53. The number of hydrogen-bond acceptors (Lipinski definition) is 4. The van der Waals surface area contributed by atoms with E-state index in [1.54, 1.807) is 39.1 Å². The maximum atomic E-state index is 13.4. The molecule has 0 saturated heterocycles. The van der Waals surface area contributed by atoms with Gasteiger partial charge in [0.05, 0.1) is 0 Å². The van der Waals surface area contributed by atoms with Crippen LogP contribution in [0.2, 0.25) is 0 Å². The molecule has 0 radical (unpaired) electrons. The Morgan fingerprint density at radius 3 is 2.53 bits per heavy atom. The summed E-state index contributed by atoms with van der Waals surface area (Å²) in [5, 5.41) is 2.90. The molecule has 1 N–H and O–H groups in total. The minimum atomic E-state index is -0.491. The molecule has 0 amide bonds. The van der Waals surface area contributed by atoms with E-state index in [1.165, 1.54) is 0 Å². The topological polar surface area (TPSA) is 49.1 Å². The summed E-state index contributed by atoms with van der Waals surface area (Å²) < 4.78 is 13.4. The Morgan fingerprint density at radius 1 is 1.37 bits per heavy atom. The van der Waals surface area contributed by atoms with Crippen molar-refractivity contribution in [2.75, 3.05) is 0 Å². The molecular formula is C14H21FN4. The molecule has 0 aromatic heterocycles. The highest BCUT2D eigenvalue weighted by atomic mass is 19.1. The average Bonchev–Trinajstić information content (AvgIpc) is 2.37. The van der Waals surface area contributed by atoms with Gasteiger partial charge in [0.25, 0.3) is 0 Å². The fourth-order valence-electron chi connectivity index (χ4n) is 1.01. The second-order valence-corrected chi connectivity index (χ2v) is 3.90. The number of nitrogens with zero attached hydrogens (tertiary/aromatic N) is 3. The van der Waals surface area contributed by atoms with Crippen molar-refractivity contribution in [2.45, 2.75) is 33.9 Å². The van der Waals surface area contributed by atoms with Gasteiger partial charge in [0, 0.05) is 11.9 Å². The average molecular weight is 264 g/mol. The van der Waals surface area contributed by atoms with Gasteiger partial charge in [0.1, 0.15) is 12.0 Å². The number of rotatable bonds is 7. The van der Waals surface area contributed by atoms with Gasteiger partial charge in [-0.05, 0) is 46.1 Å². The van der Waals surface area contributed by atoms with Crippen molar-refractivity contribution in [2.24, 2.45) is 15.0 Å². The molecule has 0 saturated carbocycles. The fourth-order valence-corrected chi connectivity index (χ4v) is 1.01. The standard InChI is InChI=1S/C14H21FN4/c1-7-10(2)14(15)19-13(5)17-9-8-11(3)18-12(4)16-6/h7-9,13,18H,4,6H2,1-3,5H3/b10-7-,11-8+,17-9-,19-14+. The van der Waals surface area contributed by atoms with Crippen LogP contribution in [0.25, 0.3) is 0 Å². The highest BCUT2D eigenvalue weighted by molar-refractivity contribution is 5.91. The lowest BCUT2D eigenvalue weighted by Gasteiger charge is -2.03. The third-order valence-electron chi connectivity index (χ3n) is 2.22. The van der Waals surface area contributed by atoms with E-state index in [0.717, 1.165) is 5.70 Å². The summed E-state index contributed by atoms with van der Waals surface area (Å²) in [6.45, 7) is 13.9. The molecule has 0 aromatic carbocycles. The summed E-state index contributed by atoms with van der Waals surface area (Å²) in [5.74, 6) is -0.0295. The van der Waals surface area contributed by atoms with E-state index < -0.39 is 12.1 Å². The van der Waals surface area contributed by atoms with Crippen LogP contribution >= 0.6 is 0 Å². The van der Waals surface area contributed by atoms with E-state index in [0.29, 0.717) is 11.4 Å². The van der Waals surface area contributed by atoms with Gasteiger partial charge in [-0.3, -0.25) is 4.99 Å². The van der Waals surface area contributed by atoms with Crippen LogP contribution in [0.5, 0.6) is 0 Å². The predicted molar refractivity (Wildman–Crippen MR) is 81.5 cm³/mol. The Labute approximate surface area is 114 Å². The first-order valence-electron chi connectivity index (χ1n) is 5.90. The first-order valence-corrected chi connectivity index (χ1v) is 5.90. The van der Waals surface area contributed by atoms with Crippen LogP contribution in [-0.2, 0) is 0 Å². The number of hydrogen-bond donors (Lipinski definition) is 1. The van der Waals surface area contributed by atoms with Gasteiger partial charge < -0.3 is 5.32 Å². The molecule has 0 heterocycles. The summed E-state index contributed by atoms with van der Waals surface area (Å²) in [5.41, 5.74) is 1.31. The van der Waals surface area contributed by atoms with E-state index in [2.05, 4.69) is 33.6 Å². The van der Waals surface area contributed by atoms with Gasteiger partial charge in [0.15, 0.2) is 0 Å². The highest BCUT2D eigenvalue weighted by Crippen LogP contribution is 2.02. The van der Waals surface area contributed by atoms with Crippen molar-refractivity contribution >= 4 is 18.9 Å². The molecule has 0 bridgehead atoms. The van der Waals surface area contributed by atoms with Crippen molar-refractivity contribution in [3.63, 3.8) is 0 Å². The fraction of sp³-hybridized carbons (Fsp3) is 0.357. The monoisotopic (exact) mass is 264 g/mol. The molecule has 0 spiro atoms. The lowest BCUT2D eigenvalue weighted by Crippen LogP contribution is -2.07. The summed E-state index contributed by atoms with van der Waals surface area (Å²) in [7, 11) is 0. The van der Waals surface area contributed by atoms with Gasteiger partial charge in [-0.25, -0.2) is 9.98 Å². The van der Waals surface area contributed by atoms with Gasteiger partial charge >= 0.3 is 0 Å². The van der Waals surface area contributed by atoms with Crippen LogP contribution in [0.15, 0.2) is 50.8 Å². The highest BCUT2D eigenvalue weighted by Gasteiger charge is 2.01. The van der Waals surface area contributed by atoms with E-state index in [4.69, 9.17) is 0 Å². The molecule has 0 rings (SSSR count). The molecule has 1 atom stereocenters. The molecule has 5 heteroatoms. The van der Waals surface area contributed by atoms with Gasteiger partial charge in [-0.1, -0.05) is 12.7 Å². The Bertz CT molecular complexity index is 444. The number of nitrogens with one attached hydrogen (secondary N) is 1. The number of halogens is 1. The SMILES string of the molecule is C=NC(=C)N/C(C)=C/C=N\C(C)/N=C(F)\C(C)=C/C. The number of allylic oxidation sites excluding steroid dienone is 4. The lowest BCUT2D eigenvalue weighted by molar-refractivity contribution is 0.732. The molecule has 0 aliphatic heterocycles. The minimum Gasteiger partial charge on any atom is -0.345 e.